The average Bonchev–Trinajstić information content (AvgIpc) is 2.68. The Hall–Kier alpha value is -2.70. The number of hydrogen-bond donors (Lipinski definition) is 1. The van der Waals surface area contributed by atoms with Gasteiger partial charge in [0.05, 0.1) is 11.0 Å². The lowest BCUT2D eigenvalue weighted by molar-refractivity contribution is -0.384. The maximum absolute atomic E-state index is 10.8. The van der Waals surface area contributed by atoms with Gasteiger partial charge in [-0.25, -0.2) is 0 Å². The van der Waals surface area contributed by atoms with Crippen molar-refractivity contribution in [1.82, 2.24) is 4.90 Å². The predicted octanol–water partition coefficient (Wildman–Crippen LogP) is 3.12. The lowest BCUT2D eigenvalue weighted by atomic mass is 9.99. The van der Waals surface area contributed by atoms with Crippen molar-refractivity contribution in [2.45, 2.75) is 12.5 Å². The molecule has 3 rings (SSSR count). The van der Waals surface area contributed by atoms with E-state index in [0.717, 1.165) is 19.5 Å². The van der Waals surface area contributed by atoms with Crippen LogP contribution in [-0.4, -0.2) is 47.3 Å². The summed E-state index contributed by atoms with van der Waals surface area (Å²) >= 11 is 0. The number of nitro groups is 1. The second kappa shape index (κ2) is 8.60. The Bertz CT molecular complexity index is 776. The monoisotopic (exact) mass is 354 g/mol. The molecule has 1 heterocycles. The van der Waals surface area contributed by atoms with E-state index in [0.29, 0.717) is 12.3 Å². The van der Waals surface area contributed by atoms with E-state index in [1.165, 1.54) is 23.3 Å². The Kier molecular flexibility index (Phi) is 5.99. The molecule has 0 saturated heterocycles. The highest BCUT2D eigenvalue weighted by Gasteiger charge is 2.17. The van der Waals surface area contributed by atoms with Crippen molar-refractivity contribution < 1.29 is 14.8 Å². The van der Waals surface area contributed by atoms with E-state index in [2.05, 4.69) is 23.1 Å². The third-order valence-electron chi connectivity index (χ3n) is 4.38. The minimum Gasteiger partial charge on any atom is -0.491 e. The van der Waals surface area contributed by atoms with Gasteiger partial charge in [0, 0.05) is 25.7 Å². The normalized spacial score (nSPS) is 16.0. The van der Waals surface area contributed by atoms with Crippen LogP contribution in [0.3, 0.4) is 0 Å². The summed E-state index contributed by atoms with van der Waals surface area (Å²) in [4.78, 5) is 12.5. The van der Waals surface area contributed by atoms with Crippen LogP contribution < -0.4 is 4.74 Å². The van der Waals surface area contributed by atoms with Crippen molar-refractivity contribution >= 4 is 11.3 Å². The number of aliphatic hydroxyl groups is 1. The van der Waals surface area contributed by atoms with E-state index >= 15 is 0 Å². The largest absolute Gasteiger partial charge is 0.491 e. The Morgan fingerprint density at radius 2 is 2.00 bits per heavy atom. The topological polar surface area (TPSA) is 75.8 Å². The number of nitrogens with zero attached hydrogens (tertiary/aromatic N) is 2. The van der Waals surface area contributed by atoms with Gasteiger partial charge in [-0.15, -0.1) is 0 Å². The molecule has 0 aliphatic carbocycles. The van der Waals surface area contributed by atoms with Gasteiger partial charge in [-0.1, -0.05) is 42.5 Å². The van der Waals surface area contributed by atoms with Gasteiger partial charge in [-0.05, 0) is 23.6 Å². The number of aliphatic hydroxyl groups excluding tert-OH is 1. The molecule has 0 fully saturated rings. The van der Waals surface area contributed by atoms with E-state index < -0.39 is 11.0 Å². The third-order valence-corrected chi connectivity index (χ3v) is 4.38. The summed E-state index contributed by atoms with van der Waals surface area (Å²) in [6, 6.07) is 16.3. The molecule has 1 unspecified atom stereocenters. The predicted molar refractivity (Wildman–Crippen MR) is 100 cm³/mol. The summed E-state index contributed by atoms with van der Waals surface area (Å²) in [5.41, 5.74) is 2.57. The molecule has 2 aromatic carbocycles. The second-order valence-electron chi connectivity index (χ2n) is 6.32. The van der Waals surface area contributed by atoms with Gasteiger partial charge in [0.25, 0.3) is 5.69 Å². The summed E-state index contributed by atoms with van der Waals surface area (Å²) in [5, 5.41) is 21.0. The number of non-ortho nitro benzene ring substituents is 1. The van der Waals surface area contributed by atoms with Gasteiger partial charge in [0.1, 0.15) is 18.5 Å². The van der Waals surface area contributed by atoms with Gasteiger partial charge < -0.3 is 9.84 Å². The number of β-amino-alcohol motifs (C(OH)–C–C–N with tert-alkyl or cyclic N) is 1. The van der Waals surface area contributed by atoms with Gasteiger partial charge in [0.15, 0.2) is 0 Å². The van der Waals surface area contributed by atoms with Crippen molar-refractivity contribution in [3.63, 3.8) is 0 Å². The van der Waals surface area contributed by atoms with E-state index in [-0.39, 0.29) is 12.3 Å². The molecular formula is C20H22N2O4. The van der Waals surface area contributed by atoms with Crippen molar-refractivity contribution in [1.29, 1.82) is 0 Å². The number of nitro benzene ring substituents is 1. The van der Waals surface area contributed by atoms with Crippen molar-refractivity contribution in [2.24, 2.45) is 0 Å². The molecule has 0 spiro atoms. The van der Waals surface area contributed by atoms with Crippen LogP contribution in [0.5, 0.6) is 5.75 Å². The van der Waals surface area contributed by atoms with Crippen molar-refractivity contribution in [2.75, 3.05) is 26.2 Å². The third kappa shape index (κ3) is 4.91. The molecule has 0 bridgehead atoms. The Morgan fingerprint density at radius 1 is 1.19 bits per heavy atom. The summed E-state index contributed by atoms with van der Waals surface area (Å²) in [7, 11) is 0. The zero-order chi connectivity index (χ0) is 18.4. The minimum absolute atomic E-state index is 0.0217. The van der Waals surface area contributed by atoms with Gasteiger partial charge in [0.2, 0.25) is 0 Å². The number of rotatable bonds is 7. The molecule has 6 heteroatoms. The van der Waals surface area contributed by atoms with Crippen LogP contribution in [0.4, 0.5) is 5.69 Å². The van der Waals surface area contributed by atoms with Crippen LogP contribution in [0.2, 0.25) is 0 Å². The fraction of sp³-hybridized carbons (Fsp3) is 0.300. The van der Waals surface area contributed by atoms with Crippen LogP contribution in [0.25, 0.3) is 5.57 Å². The van der Waals surface area contributed by atoms with Gasteiger partial charge in [-0.3, -0.25) is 15.0 Å². The summed E-state index contributed by atoms with van der Waals surface area (Å²) in [6.45, 7) is 2.28. The van der Waals surface area contributed by atoms with Crippen LogP contribution in [0, 0.1) is 10.1 Å². The zero-order valence-electron chi connectivity index (χ0n) is 14.5. The smallest absolute Gasteiger partial charge is 0.273 e. The summed E-state index contributed by atoms with van der Waals surface area (Å²) < 4.78 is 5.49. The van der Waals surface area contributed by atoms with Gasteiger partial charge >= 0.3 is 0 Å². The molecular weight excluding hydrogens is 332 g/mol. The van der Waals surface area contributed by atoms with E-state index in [4.69, 9.17) is 4.74 Å². The zero-order valence-corrected chi connectivity index (χ0v) is 14.5. The molecule has 136 valence electrons. The van der Waals surface area contributed by atoms with Crippen LogP contribution in [0.15, 0.2) is 60.7 Å². The van der Waals surface area contributed by atoms with Gasteiger partial charge in [-0.2, -0.15) is 0 Å². The highest BCUT2D eigenvalue weighted by molar-refractivity contribution is 5.66. The molecule has 0 amide bonds. The molecule has 1 N–H and O–H groups in total. The lowest BCUT2D eigenvalue weighted by Gasteiger charge is -2.28. The van der Waals surface area contributed by atoms with Crippen LogP contribution in [0.1, 0.15) is 12.0 Å². The Morgan fingerprint density at radius 3 is 2.69 bits per heavy atom. The first kappa shape index (κ1) is 18.1. The highest BCUT2D eigenvalue weighted by atomic mass is 16.6. The highest BCUT2D eigenvalue weighted by Crippen LogP contribution is 2.22. The molecule has 6 nitrogen and oxygen atoms in total. The summed E-state index contributed by atoms with van der Waals surface area (Å²) in [6.07, 6.45) is 2.50. The molecule has 0 saturated carbocycles. The fourth-order valence-corrected chi connectivity index (χ4v) is 3.02. The van der Waals surface area contributed by atoms with Crippen molar-refractivity contribution in [3.8, 4) is 5.75 Å². The van der Waals surface area contributed by atoms with E-state index in [1.807, 2.05) is 18.2 Å². The molecule has 1 aliphatic rings. The van der Waals surface area contributed by atoms with Crippen LogP contribution in [-0.2, 0) is 0 Å². The second-order valence-corrected chi connectivity index (χ2v) is 6.32. The van der Waals surface area contributed by atoms with E-state index in [1.54, 1.807) is 12.1 Å². The first-order valence-corrected chi connectivity index (χ1v) is 8.64. The first-order chi connectivity index (χ1) is 12.6. The molecule has 0 radical (unpaired) electrons. The Labute approximate surface area is 152 Å². The number of ether oxygens (including phenoxy) is 1. The number of hydrogen-bond acceptors (Lipinski definition) is 5. The SMILES string of the molecule is O=[N+]([O-])c1cccc(OCC(O)CN2CC=C(c3ccccc3)CC2)c1. The maximum Gasteiger partial charge on any atom is 0.273 e. The molecule has 1 aliphatic heterocycles. The first-order valence-electron chi connectivity index (χ1n) is 8.64. The fourth-order valence-electron chi connectivity index (χ4n) is 3.02. The standard InChI is InChI=1S/C20H22N2O4/c23-19(15-26-20-8-4-7-18(13-20)22(24)25)14-21-11-9-17(10-12-21)16-5-2-1-3-6-16/h1-9,13,19,23H,10-12,14-15H2. The lowest BCUT2D eigenvalue weighted by Crippen LogP contribution is -2.38. The summed E-state index contributed by atoms with van der Waals surface area (Å²) in [5.74, 6) is 0.392. The average molecular weight is 354 g/mol. The molecule has 26 heavy (non-hydrogen) atoms. The Balaban J connectivity index is 1.47. The number of benzene rings is 2. The minimum atomic E-state index is -0.652. The van der Waals surface area contributed by atoms with E-state index in [9.17, 15) is 15.2 Å². The molecule has 1 atom stereocenters. The quantitative estimate of drug-likeness (QED) is 0.611. The molecule has 2 aromatic rings. The van der Waals surface area contributed by atoms with Crippen LogP contribution >= 0.6 is 0 Å². The molecule has 0 aromatic heterocycles. The van der Waals surface area contributed by atoms with Crippen molar-refractivity contribution in [3.05, 3.63) is 76.4 Å². The maximum atomic E-state index is 10.8.